The Balaban J connectivity index is 0.875. The molecule has 0 bridgehead atoms. The number of anilines is 3. The van der Waals surface area contributed by atoms with E-state index in [1.54, 1.807) is 0 Å². The summed E-state index contributed by atoms with van der Waals surface area (Å²) in [5, 5.41) is 2.24. The van der Waals surface area contributed by atoms with Crippen molar-refractivity contribution in [2.75, 3.05) is 4.90 Å². The first kappa shape index (κ1) is 36.8. The quantitative estimate of drug-likeness (QED) is 0.145. The Morgan fingerprint density at radius 1 is 0.210 bits per heavy atom. The molecule has 62 heavy (non-hydrogen) atoms. The average molecular weight is 792 g/mol. The number of fused-ring (bicyclic) bond motifs is 3. The van der Waals surface area contributed by atoms with E-state index < -0.39 is 0 Å². The van der Waals surface area contributed by atoms with Gasteiger partial charge in [0.1, 0.15) is 11.2 Å². The van der Waals surface area contributed by atoms with Gasteiger partial charge in [0.2, 0.25) is 0 Å². The summed E-state index contributed by atoms with van der Waals surface area (Å²) in [6.45, 7) is 0. The molecular formula is C60H41NO. The number of nitrogens with zero attached hydrogens (tertiary/aromatic N) is 1. The zero-order valence-corrected chi connectivity index (χ0v) is 34.0. The second-order valence-corrected chi connectivity index (χ2v) is 15.8. The van der Waals surface area contributed by atoms with Gasteiger partial charge in [0.05, 0.1) is 0 Å². The Kier molecular flexibility index (Phi) is 9.57. The number of benzene rings is 10. The fourth-order valence-corrected chi connectivity index (χ4v) is 8.61. The third-order valence-electron chi connectivity index (χ3n) is 11.9. The van der Waals surface area contributed by atoms with Gasteiger partial charge in [-0.05, 0) is 115 Å². The highest BCUT2D eigenvalue weighted by Crippen LogP contribution is 2.40. The Labute approximate surface area is 362 Å². The molecule has 0 atom stereocenters. The molecule has 2 heteroatoms. The normalized spacial score (nSPS) is 11.2. The topological polar surface area (TPSA) is 16.4 Å². The van der Waals surface area contributed by atoms with Gasteiger partial charge >= 0.3 is 0 Å². The van der Waals surface area contributed by atoms with Gasteiger partial charge in [0.15, 0.2) is 0 Å². The number of hydrogen-bond donors (Lipinski definition) is 0. The monoisotopic (exact) mass is 791 g/mol. The molecule has 10 aromatic carbocycles. The van der Waals surface area contributed by atoms with Crippen LogP contribution in [0.2, 0.25) is 0 Å². The van der Waals surface area contributed by atoms with Gasteiger partial charge in [-0.2, -0.15) is 0 Å². The maximum Gasteiger partial charge on any atom is 0.137 e. The van der Waals surface area contributed by atoms with Crippen molar-refractivity contribution >= 4 is 39.0 Å². The van der Waals surface area contributed by atoms with E-state index in [9.17, 15) is 0 Å². The van der Waals surface area contributed by atoms with Gasteiger partial charge in [-0.25, -0.2) is 0 Å². The second kappa shape index (κ2) is 16.1. The Hall–Kier alpha value is -8.20. The van der Waals surface area contributed by atoms with Gasteiger partial charge in [-0.3, -0.25) is 0 Å². The van der Waals surface area contributed by atoms with Crippen molar-refractivity contribution in [3.8, 4) is 66.8 Å². The molecule has 2 nitrogen and oxygen atoms in total. The van der Waals surface area contributed by atoms with Gasteiger partial charge in [-0.1, -0.05) is 194 Å². The smallest absolute Gasteiger partial charge is 0.137 e. The summed E-state index contributed by atoms with van der Waals surface area (Å²) in [5.74, 6) is 0. The van der Waals surface area contributed by atoms with Gasteiger partial charge in [0, 0.05) is 33.9 Å². The molecule has 0 saturated carbocycles. The van der Waals surface area contributed by atoms with Crippen LogP contribution in [0.3, 0.4) is 0 Å². The predicted molar refractivity (Wildman–Crippen MR) is 261 cm³/mol. The van der Waals surface area contributed by atoms with Crippen LogP contribution < -0.4 is 4.90 Å². The molecule has 0 spiro atoms. The highest BCUT2D eigenvalue weighted by Gasteiger charge is 2.16. The van der Waals surface area contributed by atoms with Crippen molar-refractivity contribution in [1.29, 1.82) is 0 Å². The van der Waals surface area contributed by atoms with Crippen LogP contribution >= 0.6 is 0 Å². The summed E-state index contributed by atoms with van der Waals surface area (Å²) in [5.41, 5.74) is 19.3. The van der Waals surface area contributed by atoms with Crippen molar-refractivity contribution in [1.82, 2.24) is 0 Å². The van der Waals surface area contributed by atoms with Gasteiger partial charge in [0.25, 0.3) is 0 Å². The van der Waals surface area contributed by atoms with Crippen molar-refractivity contribution in [3.63, 3.8) is 0 Å². The van der Waals surface area contributed by atoms with Crippen molar-refractivity contribution in [3.05, 3.63) is 249 Å². The van der Waals surface area contributed by atoms with Crippen LogP contribution in [-0.2, 0) is 0 Å². The van der Waals surface area contributed by atoms with Crippen LogP contribution in [0.1, 0.15) is 0 Å². The lowest BCUT2D eigenvalue weighted by molar-refractivity contribution is 0.669. The van der Waals surface area contributed by atoms with E-state index in [0.29, 0.717) is 0 Å². The molecule has 292 valence electrons. The Morgan fingerprint density at radius 2 is 0.532 bits per heavy atom. The lowest BCUT2D eigenvalue weighted by atomic mass is 9.96. The van der Waals surface area contributed by atoms with Crippen LogP contribution in [0.4, 0.5) is 17.1 Å². The summed E-state index contributed by atoms with van der Waals surface area (Å²) in [7, 11) is 0. The largest absolute Gasteiger partial charge is 0.456 e. The molecule has 11 aromatic rings. The molecule has 0 N–H and O–H groups in total. The molecule has 0 aliphatic heterocycles. The summed E-state index contributed by atoms with van der Waals surface area (Å²) in [6, 6.07) is 88.9. The zero-order chi connectivity index (χ0) is 41.2. The fourth-order valence-electron chi connectivity index (χ4n) is 8.61. The number of furan rings is 1. The summed E-state index contributed by atoms with van der Waals surface area (Å²) >= 11 is 0. The summed E-state index contributed by atoms with van der Waals surface area (Å²) in [6.07, 6.45) is 0. The Bertz CT molecular complexity index is 3280. The number of para-hydroxylation sites is 1. The Morgan fingerprint density at radius 3 is 0.984 bits per heavy atom. The number of rotatable bonds is 9. The third kappa shape index (κ3) is 7.25. The first-order valence-electron chi connectivity index (χ1n) is 21.1. The molecule has 0 radical (unpaired) electrons. The van der Waals surface area contributed by atoms with E-state index in [1.807, 2.05) is 12.1 Å². The minimum Gasteiger partial charge on any atom is -0.456 e. The maximum absolute atomic E-state index is 6.37. The van der Waals surface area contributed by atoms with E-state index in [1.165, 1.54) is 61.2 Å². The van der Waals surface area contributed by atoms with E-state index in [0.717, 1.165) is 44.6 Å². The third-order valence-corrected chi connectivity index (χ3v) is 11.9. The molecule has 1 heterocycles. The second-order valence-electron chi connectivity index (χ2n) is 15.8. The SMILES string of the molecule is c1ccc(-c2ccc(-c3ccc(N(c4ccc(-c5ccc(-c6cccc(-c7ccc(-c8ccccc8)cc7)c6)cc5)cc4)c4ccc5c(c4)oc4ccccc45)cc3)cc2)cc1. The van der Waals surface area contributed by atoms with Gasteiger partial charge in [-0.15, -0.1) is 0 Å². The van der Waals surface area contributed by atoms with E-state index in [4.69, 9.17) is 4.42 Å². The zero-order valence-electron chi connectivity index (χ0n) is 34.0. The minimum absolute atomic E-state index is 0.868. The van der Waals surface area contributed by atoms with Crippen molar-refractivity contribution < 1.29 is 4.42 Å². The van der Waals surface area contributed by atoms with Crippen LogP contribution in [0, 0.1) is 0 Å². The molecule has 0 fully saturated rings. The average Bonchev–Trinajstić information content (AvgIpc) is 3.73. The molecule has 0 saturated heterocycles. The lowest BCUT2D eigenvalue weighted by Crippen LogP contribution is -2.09. The van der Waals surface area contributed by atoms with Crippen molar-refractivity contribution in [2.45, 2.75) is 0 Å². The molecule has 0 unspecified atom stereocenters. The molecule has 11 rings (SSSR count). The molecule has 1 aromatic heterocycles. The van der Waals surface area contributed by atoms with Gasteiger partial charge < -0.3 is 9.32 Å². The molecule has 0 aliphatic rings. The first-order valence-corrected chi connectivity index (χ1v) is 21.1. The molecule has 0 aliphatic carbocycles. The highest BCUT2D eigenvalue weighted by atomic mass is 16.3. The van der Waals surface area contributed by atoms with E-state index in [-0.39, 0.29) is 0 Å². The first-order chi connectivity index (χ1) is 30.7. The van der Waals surface area contributed by atoms with E-state index in [2.05, 4.69) is 241 Å². The maximum atomic E-state index is 6.37. The molecule has 0 amide bonds. The summed E-state index contributed by atoms with van der Waals surface area (Å²) in [4.78, 5) is 2.31. The fraction of sp³-hybridized carbons (Fsp3) is 0. The highest BCUT2D eigenvalue weighted by molar-refractivity contribution is 6.06. The van der Waals surface area contributed by atoms with Crippen LogP contribution in [-0.4, -0.2) is 0 Å². The van der Waals surface area contributed by atoms with Crippen molar-refractivity contribution in [2.24, 2.45) is 0 Å². The predicted octanol–water partition coefficient (Wildman–Crippen LogP) is 17.1. The number of hydrogen-bond acceptors (Lipinski definition) is 2. The molecular weight excluding hydrogens is 751 g/mol. The summed E-state index contributed by atoms with van der Waals surface area (Å²) < 4.78 is 6.37. The van der Waals surface area contributed by atoms with Crippen LogP contribution in [0.25, 0.3) is 88.7 Å². The van der Waals surface area contributed by atoms with Crippen LogP contribution in [0.5, 0.6) is 0 Å². The lowest BCUT2D eigenvalue weighted by Gasteiger charge is -2.26. The van der Waals surface area contributed by atoms with Crippen LogP contribution in [0.15, 0.2) is 253 Å². The van der Waals surface area contributed by atoms with E-state index >= 15 is 0 Å². The standard InChI is InChI=1S/C60H41NO/c1-3-10-42(11-4-1)44-18-20-46(21-19-44)48-30-34-54(35-31-48)61(56-38-39-58-57-16-7-8-17-59(57)62-60(58)41-56)55-36-32-49(33-37-55)47-24-28-51(29-25-47)53-15-9-14-52(40-53)50-26-22-45(23-27-50)43-12-5-2-6-13-43/h1-41H. The minimum atomic E-state index is 0.868.